The second-order valence-electron chi connectivity index (χ2n) is 9.90. The average Bonchev–Trinajstić information content (AvgIpc) is 3.09. The highest BCUT2D eigenvalue weighted by Gasteiger charge is 2.50. The van der Waals surface area contributed by atoms with Crippen molar-refractivity contribution >= 4 is 18.0 Å². The van der Waals surface area contributed by atoms with Crippen LogP contribution in [0.15, 0.2) is 48.5 Å². The van der Waals surface area contributed by atoms with Crippen molar-refractivity contribution in [1.82, 2.24) is 10.2 Å². The summed E-state index contributed by atoms with van der Waals surface area (Å²) < 4.78 is 5.60. The number of benzene rings is 2. The van der Waals surface area contributed by atoms with Gasteiger partial charge in [0.15, 0.2) is 0 Å². The Hall–Kier alpha value is -3.35. The number of hydrogen-bond donors (Lipinski definition) is 2. The smallest absolute Gasteiger partial charge is 0.407 e. The van der Waals surface area contributed by atoms with Crippen LogP contribution in [0.1, 0.15) is 49.7 Å². The number of nitrogens with one attached hydrogen (secondary N) is 1. The predicted octanol–water partition coefficient (Wildman–Crippen LogP) is 4.02. The highest BCUT2D eigenvalue weighted by Crippen LogP contribution is 2.44. The van der Waals surface area contributed by atoms with Gasteiger partial charge in [0.05, 0.1) is 0 Å². The Morgan fingerprint density at radius 1 is 1.03 bits per heavy atom. The minimum Gasteiger partial charge on any atom is -0.481 e. The summed E-state index contributed by atoms with van der Waals surface area (Å²) in [5.41, 5.74) is 3.98. The van der Waals surface area contributed by atoms with Gasteiger partial charge in [0, 0.05) is 31.5 Å². The number of ether oxygens (including phenoxy) is 1. The molecule has 5 rings (SSSR count). The van der Waals surface area contributed by atoms with Crippen LogP contribution in [-0.4, -0.2) is 53.7 Å². The van der Waals surface area contributed by atoms with Crippen molar-refractivity contribution in [2.75, 3.05) is 19.7 Å². The van der Waals surface area contributed by atoms with E-state index in [4.69, 9.17) is 4.74 Å². The van der Waals surface area contributed by atoms with Gasteiger partial charge in [-0.3, -0.25) is 9.59 Å². The Morgan fingerprint density at radius 3 is 2.18 bits per heavy atom. The molecule has 0 spiro atoms. The second-order valence-corrected chi connectivity index (χ2v) is 9.90. The molecule has 2 aliphatic carbocycles. The van der Waals surface area contributed by atoms with Gasteiger partial charge in [0.2, 0.25) is 5.91 Å². The molecule has 0 radical (unpaired) electrons. The molecule has 2 N–H and O–H groups in total. The first kappa shape index (κ1) is 22.4. The van der Waals surface area contributed by atoms with Crippen LogP contribution < -0.4 is 5.32 Å². The van der Waals surface area contributed by atoms with Crippen LogP contribution in [0.5, 0.6) is 0 Å². The molecule has 0 atom stereocenters. The molecule has 3 aliphatic rings. The first-order chi connectivity index (χ1) is 16.4. The molecule has 0 unspecified atom stereocenters. The van der Waals surface area contributed by atoms with Crippen LogP contribution in [0.2, 0.25) is 0 Å². The van der Waals surface area contributed by atoms with E-state index in [9.17, 15) is 19.5 Å². The average molecular weight is 463 g/mol. The summed E-state index contributed by atoms with van der Waals surface area (Å²) in [6.45, 7) is 2.73. The van der Waals surface area contributed by atoms with Gasteiger partial charge < -0.3 is 20.1 Å². The molecule has 34 heavy (non-hydrogen) atoms. The van der Waals surface area contributed by atoms with E-state index in [-0.39, 0.29) is 30.4 Å². The molecule has 0 bridgehead atoms. The molecule has 1 heterocycles. The first-order valence-electron chi connectivity index (χ1n) is 12.0. The topological polar surface area (TPSA) is 95.9 Å². The van der Waals surface area contributed by atoms with Crippen molar-refractivity contribution in [3.63, 3.8) is 0 Å². The fourth-order valence-corrected chi connectivity index (χ4v) is 5.57. The number of carbonyl (C=O) groups excluding carboxylic acids is 2. The number of carboxylic acid groups (broad SMARTS) is 1. The summed E-state index contributed by atoms with van der Waals surface area (Å²) in [5, 5.41) is 12.3. The SMILES string of the molecule is CCC1(C(=O)O)CN(C(=O)CC2CC(NC(=O)OCC3c4ccccc4-c4ccccc43)C2)C1. The Morgan fingerprint density at radius 2 is 1.62 bits per heavy atom. The van der Waals surface area contributed by atoms with E-state index in [0.29, 0.717) is 25.9 Å². The van der Waals surface area contributed by atoms with E-state index < -0.39 is 17.5 Å². The van der Waals surface area contributed by atoms with Crippen molar-refractivity contribution in [2.45, 2.75) is 44.6 Å². The minimum absolute atomic E-state index is 0.00918. The Labute approximate surface area is 199 Å². The third-order valence-corrected chi connectivity index (χ3v) is 7.83. The van der Waals surface area contributed by atoms with E-state index in [1.807, 2.05) is 31.2 Å². The zero-order chi connectivity index (χ0) is 23.9. The fourth-order valence-electron chi connectivity index (χ4n) is 5.57. The van der Waals surface area contributed by atoms with Gasteiger partial charge in [-0.05, 0) is 47.4 Å². The Balaban J connectivity index is 1.06. The van der Waals surface area contributed by atoms with Gasteiger partial charge in [-0.2, -0.15) is 0 Å². The van der Waals surface area contributed by atoms with Crippen molar-refractivity contribution < 1.29 is 24.2 Å². The van der Waals surface area contributed by atoms with E-state index in [1.54, 1.807) is 4.90 Å². The summed E-state index contributed by atoms with van der Waals surface area (Å²) >= 11 is 0. The third kappa shape index (κ3) is 3.93. The lowest BCUT2D eigenvalue weighted by Gasteiger charge is -2.47. The molecule has 178 valence electrons. The van der Waals surface area contributed by atoms with Gasteiger partial charge in [-0.25, -0.2) is 4.79 Å². The maximum Gasteiger partial charge on any atom is 0.407 e. The number of fused-ring (bicyclic) bond motifs is 3. The van der Waals surface area contributed by atoms with Gasteiger partial charge in [-0.15, -0.1) is 0 Å². The first-order valence-corrected chi connectivity index (χ1v) is 12.0. The largest absolute Gasteiger partial charge is 0.481 e. The van der Waals surface area contributed by atoms with Crippen LogP contribution in [-0.2, 0) is 14.3 Å². The number of carboxylic acids is 1. The van der Waals surface area contributed by atoms with Crippen LogP contribution in [0, 0.1) is 11.3 Å². The van der Waals surface area contributed by atoms with Crippen LogP contribution in [0.25, 0.3) is 11.1 Å². The number of hydrogen-bond acceptors (Lipinski definition) is 4. The molecular formula is C27H30N2O5. The second kappa shape index (κ2) is 8.78. The number of carbonyl (C=O) groups is 3. The third-order valence-electron chi connectivity index (χ3n) is 7.83. The van der Waals surface area contributed by atoms with Crippen molar-refractivity contribution in [1.29, 1.82) is 0 Å². The number of likely N-dealkylation sites (tertiary alicyclic amines) is 1. The number of aliphatic carboxylic acids is 1. The zero-order valence-electron chi connectivity index (χ0n) is 19.3. The van der Waals surface area contributed by atoms with E-state index in [1.165, 1.54) is 22.3 Å². The minimum atomic E-state index is -0.824. The van der Waals surface area contributed by atoms with Crippen molar-refractivity contribution in [2.24, 2.45) is 11.3 Å². The van der Waals surface area contributed by atoms with E-state index in [0.717, 1.165) is 12.8 Å². The fraction of sp³-hybridized carbons (Fsp3) is 0.444. The number of alkyl carbamates (subject to hydrolysis) is 1. The lowest BCUT2D eigenvalue weighted by atomic mass is 9.75. The molecule has 7 nitrogen and oxygen atoms in total. The lowest BCUT2D eigenvalue weighted by molar-refractivity contribution is -0.167. The standard InChI is InChI=1S/C27H30N2O5/c1-2-27(25(31)32)15-29(16-27)24(30)13-17-11-18(12-17)28-26(33)34-14-23-21-9-5-3-7-19(21)20-8-4-6-10-22(20)23/h3-10,17-18,23H,2,11-16H2,1H3,(H,28,33)(H,31,32). The molecule has 2 fully saturated rings. The quantitative estimate of drug-likeness (QED) is 0.648. The molecular weight excluding hydrogens is 432 g/mol. The molecule has 1 saturated heterocycles. The summed E-state index contributed by atoms with van der Waals surface area (Å²) in [5.74, 6) is -0.569. The summed E-state index contributed by atoms with van der Waals surface area (Å²) in [6, 6.07) is 16.5. The van der Waals surface area contributed by atoms with Crippen molar-refractivity contribution in [3.8, 4) is 11.1 Å². The molecule has 2 amide bonds. The Kier molecular flexibility index (Phi) is 5.80. The molecule has 2 aromatic rings. The van der Waals surface area contributed by atoms with Gasteiger partial charge in [0.25, 0.3) is 0 Å². The van der Waals surface area contributed by atoms with Gasteiger partial charge in [0.1, 0.15) is 12.0 Å². The summed E-state index contributed by atoms with van der Waals surface area (Å²) in [4.78, 5) is 37.9. The molecule has 1 aliphatic heterocycles. The molecule has 7 heteroatoms. The van der Waals surface area contributed by atoms with Gasteiger partial charge in [-0.1, -0.05) is 55.5 Å². The van der Waals surface area contributed by atoms with E-state index >= 15 is 0 Å². The van der Waals surface area contributed by atoms with Crippen LogP contribution >= 0.6 is 0 Å². The monoisotopic (exact) mass is 462 g/mol. The number of nitrogens with zero attached hydrogens (tertiary/aromatic N) is 1. The highest BCUT2D eigenvalue weighted by atomic mass is 16.5. The molecule has 2 aromatic carbocycles. The summed E-state index contributed by atoms with van der Waals surface area (Å²) in [6.07, 6.45) is 1.99. The van der Waals surface area contributed by atoms with Crippen LogP contribution in [0.4, 0.5) is 4.79 Å². The normalized spacial score (nSPS) is 22.1. The highest BCUT2D eigenvalue weighted by molar-refractivity contribution is 5.83. The Bertz CT molecular complexity index is 1070. The lowest BCUT2D eigenvalue weighted by Crippen LogP contribution is -2.62. The molecule has 0 aromatic heterocycles. The number of rotatable bonds is 7. The number of amides is 2. The van der Waals surface area contributed by atoms with Crippen LogP contribution in [0.3, 0.4) is 0 Å². The zero-order valence-corrected chi connectivity index (χ0v) is 19.3. The van der Waals surface area contributed by atoms with Crippen molar-refractivity contribution in [3.05, 3.63) is 59.7 Å². The molecule has 1 saturated carbocycles. The maximum atomic E-state index is 12.5. The van der Waals surface area contributed by atoms with Gasteiger partial charge >= 0.3 is 12.1 Å². The summed E-state index contributed by atoms with van der Waals surface area (Å²) in [7, 11) is 0. The van der Waals surface area contributed by atoms with E-state index in [2.05, 4.69) is 29.6 Å². The predicted molar refractivity (Wildman–Crippen MR) is 126 cm³/mol. The maximum absolute atomic E-state index is 12.5.